The maximum Gasteiger partial charge on any atom is 0.131 e. The van der Waals surface area contributed by atoms with Crippen LogP contribution in [0.3, 0.4) is 0 Å². The second-order valence-corrected chi connectivity index (χ2v) is 7.42. The SMILES string of the molecule is Cc1cc(-c2cccc(N)c2)cnc1Cl.NCCc1cccc(-c2ccccc2)c1. The summed E-state index contributed by atoms with van der Waals surface area (Å²) in [6.07, 6.45) is 2.70. The number of aryl methyl sites for hydroxylation is 1. The summed E-state index contributed by atoms with van der Waals surface area (Å²) in [5.41, 5.74) is 18.9. The molecule has 0 aliphatic carbocycles. The van der Waals surface area contributed by atoms with Crippen LogP contribution in [0, 0.1) is 6.92 Å². The fourth-order valence-corrected chi connectivity index (χ4v) is 3.24. The van der Waals surface area contributed by atoms with Crippen LogP contribution in [0.1, 0.15) is 11.1 Å². The third-order valence-electron chi connectivity index (χ3n) is 4.70. The zero-order valence-corrected chi connectivity index (χ0v) is 17.8. The predicted octanol–water partition coefficient (Wildman–Crippen LogP) is 6.15. The van der Waals surface area contributed by atoms with Crippen molar-refractivity contribution in [1.29, 1.82) is 0 Å². The average Bonchev–Trinajstić information content (AvgIpc) is 2.77. The zero-order valence-electron chi connectivity index (χ0n) is 17.1. The molecule has 0 unspecified atom stereocenters. The smallest absolute Gasteiger partial charge is 0.131 e. The van der Waals surface area contributed by atoms with Crippen molar-refractivity contribution in [2.75, 3.05) is 12.3 Å². The van der Waals surface area contributed by atoms with E-state index in [0.29, 0.717) is 11.7 Å². The van der Waals surface area contributed by atoms with Crippen LogP contribution in [0.4, 0.5) is 5.69 Å². The van der Waals surface area contributed by atoms with E-state index < -0.39 is 0 Å². The highest BCUT2D eigenvalue weighted by molar-refractivity contribution is 6.30. The van der Waals surface area contributed by atoms with Crippen molar-refractivity contribution in [2.24, 2.45) is 5.73 Å². The Morgan fingerprint density at radius 3 is 2.10 bits per heavy atom. The van der Waals surface area contributed by atoms with Gasteiger partial charge in [-0.15, -0.1) is 0 Å². The normalized spacial score (nSPS) is 10.2. The summed E-state index contributed by atoms with van der Waals surface area (Å²) in [5, 5.41) is 0.544. The quantitative estimate of drug-likeness (QED) is 0.310. The number of nitrogens with zero attached hydrogens (tertiary/aromatic N) is 1. The third-order valence-corrected chi connectivity index (χ3v) is 5.10. The molecule has 1 heterocycles. The van der Waals surface area contributed by atoms with Crippen LogP contribution in [0.5, 0.6) is 0 Å². The Labute approximate surface area is 183 Å². The summed E-state index contributed by atoms with van der Waals surface area (Å²) in [7, 11) is 0. The molecule has 3 nitrogen and oxygen atoms in total. The maximum absolute atomic E-state index is 5.86. The maximum atomic E-state index is 5.86. The molecule has 0 saturated carbocycles. The van der Waals surface area contributed by atoms with Crippen LogP contribution in [-0.4, -0.2) is 11.5 Å². The number of rotatable bonds is 4. The number of anilines is 1. The lowest BCUT2D eigenvalue weighted by atomic mass is 10.0. The van der Waals surface area contributed by atoms with Crippen molar-refractivity contribution >= 4 is 17.3 Å². The Balaban J connectivity index is 0.000000171. The lowest BCUT2D eigenvalue weighted by molar-refractivity contribution is 0.969. The number of nitrogen functional groups attached to an aromatic ring is 1. The number of pyridine rings is 1. The lowest BCUT2D eigenvalue weighted by Crippen LogP contribution is -2.02. The summed E-state index contributed by atoms with van der Waals surface area (Å²) in [6, 6.07) is 28.7. The van der Waals surface area contributed by atoms with E-state index in [4.69, 9.17) is 23.1 Å². The summed E-state index contributed by atoms with van der Waals surface area (Å²) >= 11 is 5.86. The molecule has 4 N–H and O–H groups in total. The van der Waals surface area contributed by atoms with Gasteiger partial charge in [-0.1, -0.05) is 78.3 Å². The molecule has 1 aromatic heterocycles. The third kappa shape index (κ3) is 5.93. The van der Waals surface area contributed by atoms with Gasteiger partial charge in [-0.2, -0.15) is 0 Å². The van der Waals surface area contributed by atoms with Crippen molar-refractivity contribution in [2.45, 2.75) is 13.3 Å². The van der Waals surface area contributed by atoms with Gasteiger partial charge in [0.1, 0.15) is 5.15 Å². The molecule has 30 heavy (non-hydrogen) atoms. The van der Waals surface area contributed by atoms with Gasteiger partial charge >= 0.3 is 0 Å². The minimum absolute atomic E-state index is 0.544. The lowest BCUT2D eigenvalue weighted by Gasteiger charge is -2.04. The van der Waals surface area contributed by atoms with Gasteiger partial charge in [-0.3, -0.25) is 0 Å². The molecule has 0 aliphatic heterocycles. The van der Waals surface area contributed by atoms with Gasteiger partial charge in [-0.05, 0) is 65.9 Å². The predicted molar refractivity (Wildman–Crippen MR) is 128 cm³/mol. The topological polar surface area (TPSA) is 64.9 Å². The van der Waals surface area contributed by atoms with E-state index in [1.807, 2.05) is 43.3 Å². The summed E-state index contributed by atoms with van der Waals surface area (Å²) in [5.74, 6) is 0. The molecule has 0 fully saturated rings. The number of aromatic nitrogens is 1. The number of hydrogen-bond acceptors (Lipinski definition) is 3. The van der Waals surface area contributed by atoms with Crippen LogP contribution >= 0.6 is 11.6 Å². The largest absolute Gasteiger partial charge is 0.399 e. The molecule has 0 bridgehead atoms. The monoisotopic (exact) mass is 415 g/mol. The van der Waals surface area contributed by atoms with Crippen LogP contribution in [0.2, 0.25) is 5.15 Å². The van der Waals surface area contributed by atoms with Crippen LogP contribution < -0.4 is 11.5 Å². The molecule has 0 amide bonds. The summed E-state index contributed by atoms with van der Waals surface area (Å²) in [6.45, 7) is 2.64. The number of hydrogen-bond donors (Lipinski definition) is 2. The standard InChI is InChI=1S/C14H15N.C12H11ClN2/c15-10-9-12-5-4-8-14(11-12)13-6-2-1-3-7-13;1-8-5-10(7-15-12(8)13)9-3-2-4-11(14)6-9/h1-8,11H,9-10,15H2;2-7H,14H2,1H3. The molecule has 0 radical (unpaired) electrons. The first-order valence-electron chi connectivity index (χ1n) is 9.89. The highest BCUT2D eigenvalue weighted by atomic mass is 35.5. The molecule has 4 aromatic rings. The van der Waals surface area contributed by atoms with E-state index in [0.717, 1.165) is 28.8 Å². The average molecular weight is 416 g/mol. The highest BCUT2D eigenvalue weighted by Gasteiger charge is 2.02. The van der Waals surface area contributed by atoms with Gasteiger partial charge in [0.15, 0.2) is 0 Å². The zero-order chi connectivity index (χ0) is 21.3. The van der Waals surface area contributed by atoms with Crippen LogP contribution in [-0.2, 0) is 6.42 Å². The van der Waals surface area contributed by atoms with E-state index in [1.165, 1.54) is 16.7 Å². The molecular weight excluding hydrogens is 390 g/mol. The minimum atomic E-state index is 0.544. The van der Waals surface area contributed by atoms with E-state index in [-0.39, 0.29) is 0 Å². The Morgan fingerprint density at radius 1 is 0.767 bits per heavy atom. The Bertz CT molecular complexity index is 1090. The fraction of sp³-hybridized carbons (Fsp3) is 0.115. The minimum Gasteiger partial charge on any atom is -0.399 e. The van der Waals surface area contributed by atoms with Gasteiger partial charge in [-0.25, -0.2) is 4.98 Å². The van der Waals surface area contributed by atoms with E-state index in [1.54, 1.807) is 6.20 Å². The molecule has 3 aromatic carbocycles. The van der Waals surface area contributed by atoms with Crippen LogP contribution in [0.25, 0.3) is 22.3 Å². The van der Waals surface area contributed by atoms with E-state index >= 15 is 0 Å². The molecule has 0 saturated heterocycles. The fourth-order valence-electron chi connectivity index (χ4n) is 3.14. The Kier molecular flexibility index (Phi) is 7.61. The van der Waals surface area contributed by atoms with Gasteiger partial charge in [0, 0.05) is 17.4 Å². The Morgan fingerprint density at radius 2 is 1.43 bits per heavy atom. The molecule has 152 valence electrons. The van der Waals surface area contributed by atoms with Crippen molar-refractivity contribution in [3.05, 3.63) is 107 Å². The number of benzene rings is 3. The summed E-state index contributed by atoms with van der Waals surface area (Å²) < 4.78 is 0. The second kappa shape index (κ2) is 10.6. The van der Waals surface area contributed by atoms with E-state index in [9.17, 15) is 0 Å². The number of halogens is 1. The molecule has 4 heteroatoms. The first-order valence-corrected chi connectivity index (χ1v) is 10.3. The van der Waals surface area contributed by atoms with E-state index in [2.05, 4.69) is 53.5 Å². The molecule has 0 aliphatic rings. The first-order chi connectivity index (χ1) is 14.6. The van der Waals surface area contributed by atoms with Crippen molar-refractivity contribution in [3.8, 4) is 22.3 Å². The molecular formula is C26H26ClN3. The number of nitrogens with two attached hydrogens (primary N) is 2. The van der Waals surface area contributed by atoms with Gasteiger partial charge in [0.2, 0.25) is 0 Å². The van der Waals surface area contributed by atoms with Crippen molar-refractivity contribution in [3.63, 3.8) is 0 Å². The van der Waals surface area contributed by atoms with Gasteiger partial charge in [0.25, 0.3) is 0 Å². The van der Waals surface area contributed by atoms with Crippen LogP contribution in [0.15, 0.2) is 91.1 Å². The van der Waals surface area contributed by atoms with Gasteiger partial charge in [0.05, 0.1) is 0 Å². The first kappa shape index (κ1) is 21.6. The molecule has 0 spiro atoms. The second-order valence-electron chi connectivity index (χ2n) is 7.06. The molecule has 0 atom stereocenters. The van der Waals surface area contributed by atoms with Gasteiger partial charge < -0.3 is 11.5 Å². The molecule has 4 rings (SSSR count). The highest BCUT2D eigenvalue weighted by Crippen LogP contribution is 2.24. The Hall–Kier alpha value is -3.14. The van der Waals surface area contributed by atoms with Crippen molar-refractivity contribution < 1.29 is 0 Å². The summed E-state index contributed by atoms with van der Waals surface area (Å²) in [4.78, 5) is 4.11. The van der Waals surface area contributed by atoms with Crippen molar-refractivity contribution in [1.82, 2.24) is 4.98 Å².